The minimum absolute atomic E-state index is 0.0950. The van der Waals surface area contributed by atoms with Crippen LogP contribution in [0, 0.1) is 13.8 Å². The third kappa shape index (κ3) is 8.43. The van der Waals surface area contributed by atoms with Crippen molar-refractivity contribution >= 4 is 27.5 Å². The molecule has 0 fully saturated rings. The first-order chi connectivity index (χ1) is 22.0. The average molecular weight is 640 g/mol. The number of rotatable bonds is 14. The van der Waals surface area contributed by atoms with E-state index in [9.17, 15) is 18.0 Å². The van der Waals surface area contributed by atoms with Crippen molar-refractivity contribution in [2.75, 3.05) is 10.8 Å². The van der Waals surface area contributed by atoms with Crippen LogP contribution in [0.3, 0.4) is 0 Å². The smallest absolute Gasteiger partial charge is 0.264 e. The Labute approximate surface area is 274 Å². The van der Waals surface area contributed by atoms with E-state index >= 15 is 0 Å². The molecule has 0 aliphatic heterocycles. The summed E-state index contributed by atoms with van der Waals surface area (Å²) in [5.74, 6) is -0.743. The van der Waals surface area contributed by atoms with Crippen LogP contribution in [0.5, 0.6) is 0 Å². The van der Waals surface area contributed by atoms with E-state index in [0.29, 0.717) is 12.1 Å². The van der Waals surface area contributed by atoms with E-state index in [1.165, 1.54) is 4.31 Å². The molecule has 0 saturated carbocycles. The Kier molecular flexibility index (Phi) is 11.8. The van der Waals surface area contributed by atoms with Crippen LogP contribution in [-0.2, 0) is 39.0 Å². The first kappa shape index (κ1) is 34.4. The van der Waals surface area contributed by atoms with E-state index in [4.69, 9.17) is 0 Å². The van der Waals surface area contributed by atoms with Gasteiger partial charge in [-0.2, -0.15) is 0 Å². The van der Waals surface area contributed by atoms with Crippen molar-refractivity contribution in [2.24, 2.45) is 0 Å². The number of aryl methyl sites for hydroxylation is 3. The van der Waals surface area contributed by atoms with Gasteiger partial charge in [0.05, 0.1) is 10.6 Å². The van der Waals surface area contributed by atoms with E-state index in [1.54, 1.807) is 41.3 Å². The monoisotopic (exact) mass is 639 g/mol. The van der Waals surface area contributed by atoms with E-state index in [1.807, 2.05) is 101 Å². The topological polar surface area (TPSA) is 86.8 Å². The predicted molar refractivity (Wildman–Crippen MR) is 185 cm³/mol. The van der Waals surface area contributed by atoms with Crippen LogP contribution < -0.4 is 9.62 Å². The van der Waals surface area contributed by atoms with Crippen molar-refractivity contribution < 1.29 is 18.0 Å². The summed E-state index contributed by atoms with van der Waals surface area (Å²) in [4.78, 5) is 30.4. The lowest BCUT2D eigenvalue weighted by Crippen LogP contribution is -2.54. The second-order valence-corrected chi connectivity index (χ2v) is 13.6. The third-order valence-electron chi connectivity index (χ3n) is 8.40. The minimum Gasteiger partial charge on any atom is -0.352 e. The Hall–Kier alpha value is -4.43. The summed E-state index contributed by atoms with van der Waals surface area (Å²) in [6.07, 6.45) is 1.58. The van der Waals surface area contributed by atoms with Gasteiger partial charge in [-0.05, 0) is 74.1 Å². The van der Waals surface area contributed by atoms with Crippen molar-refractivity contribution in [1.29, 1.82) is 0 Å². The zero-order valence-corrected chi connectivity index (χ0v) is 28.3. The first-order valence-corrected chi connectivity index (χ1v) is 17.3. The van der Waals surface area contributed by atoms with Gasteiger partial charge in [-0.15, -0.1) is 0 Å². The second-order valence-electron chi connectivity index (χ2n) is 11.8. The quantitative estimate of drug-likeness (QED) is 0.168. The molecule has 4 aromatic carbocycles. The van der Waals surface area contributed by atoms with Gasteiger partial charge in [0.25, 0.3) is 10.0 Å². The molecule has 2 amide bonds. The van der Waals surface area contributed by atoms with Gasteiger partial charge in [-0.3, -0.25) is 13.9 Å². The lowest BCUT2D eigenvalue weighted by Gasteiger charge is -2.35. The lowest BCUT2D eigenvalue weighted by atomic mass is 10.0. The highest BCUT2D eigenvalue weighted by molar-refractivity contribution is 7.92. The van der Waals surface area contributed by atoms with Crippen LogP contribution >= 0.6 is 0 Å². The third-order valence-corrected chi connectivity index (χ3v) is 10.2. The summed E-state index contributed by atoms with van der Waals surface area (Å²) in [6.45, 7) is 9.41. The molecule has 2 atom stereocenters. The molecule has 0 unspecified atom stereocenters. The van der Waals surface area contributed by atoms with Gasteiger partial charge >= 0.3 is 0 Å². The fraction of sp³-hybridized carbons (Fsp3) is 0.316. The SMILES string of the molecule is CCc1ccccc1N(CC(=O)N(Cc1ccccc1C)[C@@H](Cc1ccccc1)C(=O)N[C@H](C)CC)S(=O)(=O)c1ccc(C)cc1. The molecule has 0 aromatic heterocycles. The van der Waals surface area contributed by atoms with Crippen LogP contribution in [0.15, 0.2) is 108 Å². The summed E-state index contributed by atoms with van der Waals surface area (Å²) in [5.41, 5.74) is 4.92. The van der Waals surface area contributed by atoms with Crippen molar-refractivity contribution in [3.8, 4) is 0 Å². The number of amides is 2. The van der Waals surface area contributed by atoms with E-state index in [0.717, 1.165) is 34.2 Å². The van der Waals surface area contributed by atoms with Crippen molar-refractivity contribution in [3.63, 3.8) is 0 Å². The van der Waals surface area contributed by atoms with Crippen LogP contribution in [0.25, 0.3) is 0 Å². The highest BCUT2D eigenvalue weighted by atomic mass is 32.2. The number of anilines is 1. The molecule has 0 aliphatic carbocycles. The normalized spacial score (nSPS) is 12.6. The van der Waals surface area contributed by atoms with Gasteiger partial charge < -0.3 is 10.2 Å². The van der Waals surface area contributed by atoms with Gasteiger partial charge in [0.1, 0.15) is 12.6 Å². The average Bonchev–Trinajstić information content (AvgIpc) is 3.06. The zero-order valence-electron chi connectivity index (χ0n) is 27.4. The van der Waals surface area contributed by atoms with Crippen LogP contribution in [0.1, 0.15) is 55.0 Å². The van der Waals surface area contributed by atoms with Gasteiger partial charge in [-0.1, -0.05) is 104 Å². The van der Waals surface area contributed by atoms with Gasteiger partial charge in [-0.25, -0.2) is 8.42 Å². The number of carbonyl (C=O) groups excluding carboxylic acids is 2. The van der Waals surface area contributed by atoms with Crippen molar-refractivity contribution in [3.05, 3.63) is 131 Å². The number of hydrogen-bond acceptors (Lipinski definition) is 4. The molecule has 0 bridgehead atoms. The summed E-state index contributed by atoms with van der Waals surface area (Å²) in [5, 5.41) is 3.09. The molecule has 8 heteroatoms. The molecular weight excluding hydrogens is 595 g/mol. The van der Waals surface area contributed by atoms with E-state index < -0.39 is 28.5 Å². The zero-order chi connectivity index (χ0) is 33.3. The maximum absolute atomic E-state index is 14.7. The molecule has 0 radical (unpaired) electrons. The van der Waals surface area contributed by atoms with Crippen LogP contribution in [0.4, 0.5) is 5.69 Å². The molecule has 1 N–H and O–H groups in total. The number of nitrogens with one attached hydrogen (secondary N) is 1. The summed E-state index contributed by atoms with van der Waals surface area (Å²) in [6, 6.07) is 30.2. The summed E-state index contributed by atoms with van der Waals surface area (Å²) in [7, 11) is -4.16. The molecule has 0 heterocycles. The molecular formula is C38H45N3O4S. The molecule has 242 valence electrons. The fourth-order valence-corrected chi connectivity index (χ4v) is 6.82. The molecule has 4 rings (SSSR count). The Morgan fingerprint density at radius 3 is 2.02 bits per heavy atom. The number of hydrogen-bond donors (Lipinski definition) is 1. The Bertz CT molecular complexity index is 1720. The summed E-state index contributed by atoms with van der Waals surface area (Å²) >= 11 is 0. The van der Waals surface area contributed by atoms with Crippen LogP contribution in [-0.4, -0.2) is 43.8 Å². The highest BCUT2D eigenvalue weighted by Gasteiger charge is 2.35. The molecule has 0 aliphatic rings. The predicted octanol–water partition coefficient (Wildman–Crippen LogP) is 6.62. The molecule has 0 saturated heterocycles. The van der Waals surface area contributed by atoms with Gasteiger partial charge in [0.2, 0.25) is 11.8 Å². The Balaban J connectivity index is 1.84. The summed E-state index contributed by atoms with van der Waals surface area (Å²) < 4.78 is 29.9. The van der Waals surface area contributed by atoms with Gasteiger partial charge in [0, 0.05) is 19.0 Å². The Morgan fingerprint density at radius 1 is 0.783 bits per heavy atom. The number of sulfonamides is 1. The molecule has 4 aromatic rings. The lowest BCUT2D eigenvalue weighted by molar-refractivity contribution is -0.140. The van der Waals surface area contributed by atoms with Gasteiger partial charge in [0.15, 0.2) is 0 Å². The number of nitrogens with zero attached hydrogens (tertiary/aromatic N) is 2. The van der Waals surface area contributed by atoms with E-state index in [2.05, 4.69) is 5.32 Å². The highest BCUT2D eigenvalue weighted by Crippen LogP contribution is 2.29. The van der Waals surface area contributed by atoms with Crippen molar-refractivity contribution in [1.82, 2.24) is 10.2 Å². The number of carbonyl (C=O) groups is 2. The first-order valence-electron chi connectivity index (χ1n) is 15.9. The second kappa shape index (κ2) is 15.7. The number of para-hydroxylation sites is 1. The molecule has 46 heavy (non-hydrogen) atoms. The van der Waals surface area contributed by atoms with Crippen molar-refractivity contribution in [2.45, 2.75) is 77.4 Å². The molecule has 7 nitrogen and oxygen atoms in total. The largest absolute Gasteiger partial charge is 0.352 e. The van der Waals surface area contributed by atoms with E-state index in [-0.39, 0.29) is 29.8 Å². The standard InChI is InChI=1S/C38H45N3O4S/c1-6-30(5)39-38(43)36(25-31-16-9-8-10-17-31)40(26-33-19-12-11-15-29(33)4)37(42)27-41(35-20-14-13-18-32(35)7-2)46(44,45)34-23-21-28(3)22-24-34/h8-24,30,36H,6-7,25-27H2,1-5H3,(H,39,43)/t30-,36+/m1/s1. The fourth-order valence-electron chi connectivity index (χ4n) is 5.37. The molecule has 0 spiro atoms. The van der Waals surface area contributed by atoms with Crippen LogP contribution in [0.2, 0.25) is 0 Å². The Morgan fingerprint density at radius 2 is 1.39 bits per heavy atom. The number of benzene rings is 4. The minimum atomic E-state index is -4.16. The maximum Gasteiger partial charge on any atom is 0.264 e. The maximum atomic E-state index is 14.7.